The number of amides is 2. The van der Waals surface area contributed by atoms with Gasteiger partial charge in [-0.3, -0.25) is 19.7 Å². The number of nitro benzene ring substituents is 1. The highest BCUT2D eigenvalue weighted by Gasteiger charge is 2.02. The van der Waals surface area contributed by atoms with Gasteiger partial charge in [-0.2, -0.15) is 0 Å². The molecule has 0 atom stereocenters. The van der Waals surface area contributed by atoms with Gasteiger partial charge in [0, 0.05) is 31.3 Å². The smallest absolute Gasteiger partial charge is 0.269 e. The number of nitrogens with one attached hydrogen (secondary N) is 2. The van der Waals surface area contributed by atoms with E-state index in [1.807, 2.05) is 0 Å². The molecular weight excluding hydrogens is 310 g/mol. The number of benzene rings is 1. The van der Waals surface area contributed by atoms with Crippen LogP contribution in [-0.4, -0.2) is 29.8 Å². The lowest BCUT2D eigenvalue weighted by atomic mass is 10.2. The molecule has 0 heterocycles. The predicted molar refractivity (Wildman–Crippen MR) is 92.2 cm³/mol. The number of allylic oxidation sites excluding steroid dienone is 1. The molecular formula is C17H21N3O4. The Balaban J connectivity index is 2.21. The van der Waals surface area contributed by atoms with Gasteiger partial charge in [-0.15, -0.1) is 0 Å². The van der Waals surface area contributed by atoms with Crippen LogP contribution >= 0.6 is 0 Å². The molecule has 2 amide bonds. The van der Waals surface area contributed by atoms with Crippen LogP contribution in [0, 0.1) is 10.1 Å². The van der Waals surface area contributed by atoms with Crippen molar-refractivity contribution in [3.8, 4) is 0 Å². The van der Waals surface area contributed by atoms with Gasteiger partial charge in [0.15, 0.2) is 0 Å². The first-order valence-electron chi connectivity index (χ1n) is 7.64. The van der Waals surface area contributed by atoms with Crippen molar-refractivity contribution in [1.82, 2.24) is 10.6 Å². The molecule has 0 bridgehead atoms. The van der Waals surface area contributed by atoms with Crippen LogP contribution < -0.4 is 10.6 Å². The van der Waals surface area contributed by atoms with E-state index < -0.39 is 4.92 Å². The standard InChI is InChI=1S/C17H21N3O4/c1-2-5-16(21)18-12-3-4-13-19-17(22)11-8-14-6-9-15(10-7-14)20(23)24/h2,5-11H,3-4,12-13H2,1H3,(H,18,21)(H,19,22)/b5-2+,11-8+. The first-order valence-corrected chi connectivity index (χ1v) is 7.64. The van der Waals surface area contributed by atoms with E-state index in [2.05, 4.69) is 10.6 Å². The van der Waals surface area contributed by atoms with E-state index in [1.165, 1.54) is 24.3 Å². The van der Waals surface area contributed by atoms with Gasteiger partial charge in [0.2, 0.25) is 11.8 Å². The molecule has 0 aliphatic heterocycles. The number of non-ortho nitro benzene ring substituents is 1. The van der Waals surface area contributed by atoms with E-state index in [-0.39, 0.29) is 17.5 Å². The Morgan fingerprint density at radius 1 is 1.04 bits per heavy atom. The van der Waals surface area contributed by atoms with Crippen LogP contribution in [0.2, 0.25) is 0 Å². The highest BCUT2D eigenvalue weighted by atomic mass is 16.6. The Labute approximate surface area is 140 Å². The van der Waals surface area contributed by atoms with Crippen LogP contribution in [0.25, 0.3) is 6.08 Å². The topological polar surface area (TPSA) is 101 Å². The van der Waals surface area contributed by atoms with E-state index in [9.17, 15) is 19.7 Å². The summed E-state index contributed by atoms with van der Waals surface area (Å²) in [5, 5.41) is 16.0. The average molecular weight is 331 g/mol. The van der Waals surface area contributed by atoms with Crippen LogP contribution in [0.5, 0.6) is 0 Å². The monoisotopic (exact) mass is 331 g/mol. The summed E-state index contributed by atoms with van der Waals surface area (Å²) in [5.41, 5.74) is 0.723. The molecule has 7 nitrogen and oxygen atoms in total. The van der Waals surface area contributed by atoms with Gasteiger partial charge in [-0.1, -0.05) is 6.08 Å². The van der Waals surface area contributed by atoms with Crippen LogP contribution in [0.3, 0.4) is 0 Å². The van der Waals surface area contributed by atoms with Crippen molar-refractivity contribution in [1.29, 1.82) is 0 Å². The maximum absolute atomic E-state index is 11.6. The van der Waals surface area contributed by atoms with E-state index >= 15 is 0 Å². The number of nitro groups is 1. The summed E-state index contributed by atoms with van der Waals surface area (Å²) in [4.78, 5) is 32.8. The summed E-state index contributed by atoms with van der Waals surface area (Å²) in [7, 11) is 0. The fourth-order valence-corrected chi connectivity index (χ4v) is 1.82. The largest absolute Gasteiger partial charge is 0.353 e. The number of hydrogen-bond donors (Lipinski definition) is 2. The Bertz CT molecular complexity index is 621. The molecule has 1 aromatic carbocycles. The zero-order valence-corrected chi connectivity index (χ0v) is 13.5. The summed E-state index contributed by atoms with van der Waals surface area (Å²) in [6, 6.07) is 5.93. The Morgan fingerprint density at radius 3 is 2.08 bits per heavy atom. The van der Waals surface area contributed by atoms with Gasteiger partial charge >= 0.3 is 0 Å². The molecule has 128 valence electrons. The minimum atomic E-state index is -0.471. The van der Waals surface area contributed by atoms with E-state index in [0.717, 1.165) is 12.8 Å². The fraction of sp³-hybridized carbons (Fsp3) is 0.294. The van der Waals surface area contributed by atoms with Crippen molar-refractivity contribution >= 4 is 23.6 Å². The number of carbonyl (C=O) groups is 2. The number of unbranched alkanes of at least 4 members (excludes halogenated alkanes) is 1. The quantitative estimate of drug-likeness (QED) is 0.313. The summed E-state index contributed by atoms with van der Waals surface area (Å²) in [5.74, 6) is -0.348. The molecule has 0 saturated heterocycles. The molecule has 0 spiro atoms. The maximum atomic E-state index is 11.6. The number of hydrogen-bond acceptors (Lipinski definition) is 4. The predicted octanol–water partition coefficient (Wildman–Crippen LogP) is 2.20. The molecule has 0 unspecified atom stereocenters. The van der Waals surface area contributed by atoms with Gasteiger partial charge in [-0.05, 0) is 49.6 Å². The molecule has 2 N–H and O–H groups in total. The number of carbonyl (C=O) groups excluding carboxylic acids is 2. The molecule has 1 aromatic rings. The summed E-state index contributed by atoms with van der Waals surface area (Å²) < 4.78 is 0. The minimum Gasteiger partial charge on any atom is -0.353 e. The Hall–Kier alpha value is -2.96. The Kier molecular flexibility index (Phi) is 8.52. The number of rotatable bonds is 9. The van der Waals surface area contributed by atoms with Crippen molar-refractivity contribution in [3.05, 3.63) is 58.2 Å². The van der Waals surface area contributed by atoms with Crippen LogP contribution in [0.1, 0.15) is 25.3 Å². The lowest BCUT2D eigenvalue weighted by Crippen LogP contribution is -2.25. The lowest BCUT2D eigenvalue weighted by molar-refractivity contribution is -0.384. The second-order valence-electron chi connectivity index (χ2n) is 4.97. The SMILES string of the molecule is C/C=C/C(=O)NCCCCNC(=O)/C=C/c1ccc([N+](=O)[O-])cc1. The third-order valence-electron chi connectivity index (χ3n) is 3.05. The molecule has 0 aliphatic carbocycles. The molecule has 1 rings (SSSR count). The van der Waals surface area contributed by atoms with Gasteiger partial charge in [0.25, 0.3) is 5.69 Å². The second-order valence-corrected chi connectivity index (χ2v) is 4.97. The summed E-state index contributed by atoms with van der Waals surface area (Å²) >= 11 is 0. The number of nitrogens with zero attached hydrogens (tertiary/aromatic N) is 1. The molecule has 0 fully saturated rings. The highest BCUT2D eigenvalue weighted by molar-refractivity contribution is 5.91. The fourth-order valence-electron chi connectivity index (χ4n) is 1.82. The summed E-state index contributed by atoms with van der Waals surface area (Å²) in [6.07, 6.45) is 7.64. The molecule has 0 aliphatic rings. The summed E-state index contributed by atoms with van der Waals surface area (Å²) in [6.45, 7) is 2.86. The van der Waals surface area contributed by atoms with Gasteiger partial charge < -0.3 is 10.6 Å². The van der Waals surface area contributed by atoms with E-state index in [0.29, 0.717) is 18.7 Å². The van der Waals surface area contributed by atoms with E-state index in [4.69, 9.17) is 0 Å². The first-order chi connectivity index (χ1) is 11.5. The van der Waals surface area contributed by atoms with Gasteiger partial charge in [0.05, 0.1) is 4.92 Å². The van der Waals surface area contributed by atoms with E-state index in [1.54, 1.807) is 31.2 Å². The van der Waals surface area contributed by atoms with Crippen molar-refractivity contribution in [2.24, 2.45) is 0 Å². The molecule has 0 saturated carbocycles. The van der Waals surface area contributed by atoms with Crippen molar-refractivity contribution in [2.75, 3.05) is 13.1 Å². The lowest BCUT2D eigenvalue weighted by Gasteiger charge is -2.03. The molecule has 7 heteroatoms. The first kappa shape index (κ1) is 19.1. The zero-order chi connectivity index (χ0) is 17.8. The Morgan fingerprint density at radius 2 is 1.58 bits per heavy atom. The average Bonchev–Trinajstić information content (AvgIpc) is 2.56. The zero-order valence-electron chi connectivity index (χ0n) is 13.5. The maximum Gasteiger partial charge on any atom is 0.269 e. The van der Waals surface area contributed by atoms with Crippen molar-refractivity contribution in [2.45, 2.75) is 19.8 Å². The normalized spacial score (nSPS) is 10.9. The van der Waals surface area contributed by atoms with Crippen molar-refractivity contribution in [3.63, 3.8) is 0 Å². The van der Waals surface area contributed by atoms with Crippen molar-refractivity contribution < 1.29 is 14.5 Å². The van der Waals surface area contributed by atoms with Crippen LogP contribution in [-0.2, 0) is 9.59 Å². The molecule has 24 heavy (non-hydrogen) atoms. The molecule has 0 radical (unpaired) electrons. The highest BCUT2D eigenvalue weighted by Crippen LogP contribution is 2.12. The second kappa shape index (κ2) is 10.7. The van der Waals surface area contributed by atoms with Crippen LogP contribution in [0.15, 0.2) is 42.5 Å². The minimum absolute atomic E-state index is 0.0121. The molecule has 0 aromatic heterocycles. The van der Waals surface area contributed by atoms with Crippen LogP contribution in [0.4, 0.5) is 5.69 Å². The third-order valence-corrected chi connectivity index (χ3v) is 3.05. The third kappa shape index (κ3) is 7.88. The van der Waals surface area contributed by atoms with Gasteiger partial charge in [0.1, 0.15) is 0 Å². The van der Waals surface area contributed by atoms with Gasteiger partial charge in [-0.25, -0.2) is 0 Å².